The molecule has 18 heavy (non-hydrogen) atoms. The topological polar surface area (TPSA) is 55.1 Å². The molecule has 3 N–H and O–H groups in total. The highest BCUT2D eigenvalue weighted by molar-refractivity contribution is 5.79. The van der Waals surface area contributed by atoms with Crippen molar-refractivity contribution >= 4 is 5.91 Å². The van der Waals surface area contributed by atoms with Gasteiger partial charge < -0.3 is 11.1 Å². The molecule has 5 heteroatoms. The monoisotopic (exact) mass is 262 g/mol. The third kappa shape index (κ3) is 4.88. The fourth-order valence-electron chi connectivity index (χ4n) is 2.40. The summed E-state index contributed by atoms with van der Waals surface area (Å²) in [4.78, 5) is 11.9. The first kappa shape index (κ1) is 15.3. The minimum Gasteiger partial charge on any atom is -0.352 e. The van der Waals surface area contributed by atoms with Crippen molar-refractivity contribution in [3.8, 4) is 0 Å². The normalized spacial score (nSPS) is 21.9. The molecule has 0 aromatic carbocycles. The van der Waals surface area contributed by atoms with E-state index in [9.17, 15) is 13.6 Å². The summed E-state index contributed by atoms with van der Waals surface area (Å²) in [6.45, 7) is 4.53. The van der Waals surface area contributed by atoms with Crippen LogP contribution in [0.5, 0.6) is 0 Å². The third-order valence-electron chi connectivity index (χ3n) is 3.47. The largest absolute Gasteiger partial charge is 0.352 e. The summed E-state index contributed by atoms with van der Waals surface area (Å²) in [5.74, 6) is -2.51. The Morgan fingerprint density at radius 1 is 1.39 bits per heavy atom. The van der Waals surface area contributed by atoms with Crippen molar-refractivity contribution in [3.63, 3.8) is 0 Å². The van der Waals surface area contributed by atoms with E-state index in [2.05, 4.69) is 19.2 Å². The molecular weight excluding hydrogens is 238 g/mol. The van der Waals surface area contributed by atoms with Crippen LogP contribution in [0.1, 0.15) is 46.0 Å². The zero-order valence-corrected chi connectivity index (χ0v) is 11.2. The predicted molar refractivity (Wildman–Crippen MR) is 67.3 cm³/mol. The average Bonchev–Trinajstić information content (AvgIpc) is 2.27. The molecule has 106 valence electrons. The van der Waals surface area contributed by atoms with Crippen molar-refractivity contribution in [1.29, 1.82) is 0 Å². The Morgan fingerprint density at radius 2 is 1.94 bits per heavy atom. The first-order valence-corrected chi connectivity index (χ1v) is 6.72. The highest BCUT2D eigenvalue weighted by Gasteiger charge is 2.37. The van der Waals surface area contributed by atoms with Gasteiger partial charge in [0.15, 0.2) is 0 Å². The minimum absolute atomic E-state index is 0.0417. The number of rotatable bonds is 5. The van der Waals surface area contributed by atoms with Gasteiger partial charge in [0.05, 0.1) is 0 Å². The van der Waals surface area contributed by atoms with Crippen LogP contribution in [0.25, 0.3) is 0 Å². The van der Waals surface area contributed by atoms with Crippen LogP contribution in [0.3, 0.4) is 0 Å². The van der Waals surface area contributed by atoms with Gasteiger partial charge in [0.1, 0.15) is 0 Å². The second-order valence-corrected chi connectivity index (χ2v) is 5.70. The standard InChI is InChI=1S/C13H24F2N2O/c1-9(2)7-11(8-16)17-12(18)10-3-5-13(14,15)6-4-10/h9-11H,3-8,16H2,1-2H3,(H,17,18). The molecular formula is C13H24F2N2O. The number of carbonyl (C=O) groups is 1. The van der Waals surface area contributed by atoms with Crippen LogP contribution in [0.4, 0.5) is 8.78 Å². The van der Waals surface area contributed by atoms with E-state index < -0.39 is 5.92 Å². The Kier molecular flexibility index (Phi) is 5.50. The van der Waals surface area contributed by atoms with Crippen LogP contribution in [-0.2, 0) is 4.79 Å². The van der Waals surface area contributed by atoms with E-state index >= 15 is 0 Å². The Hall–Kier alpha value is -0.710. The van der Waals surface area contributed by atoms with Gasteiger partial charge in [-0.2, -0.15) is 0 Å². The molecule has 1 unspecified atom stereocenters. The number of hydrogen-bond acceptors (Lipinski definition) is 2. The fourth-order valence-corrected chi connectivity index (χ4v) is 2.40. The zero-order chi connectivity index (χ0) is 13.8. The number of nitrogens with one attached hydrogen (secondary N) is 1. The van der Waals surface area contributed by atoms with E-state index in [-0.39, 0.29) is 43.6 Å². The van der Waals surface area contributed by atoms with Gasteiger partial charge in [0, 0.05) is 31.3 Å². The van der Waals surface area contributed by atoms with E-state index in [1.807, 2.05) is 0 Å². The molecule has 1 aliphatic rings. The number of halogens is 2. The Bertz CT molecular complexity index is 272. The molecule has 1 saturated carbocycles. The molecule has 1 aliphatic carbocycles. The Labute approximate surface area is 107 Å². The number of amides is 1. The van der Waals surface area contributed by atoms with Crippen LogP contribution in [-0.4, -0.2) is 24.4 Å². The van der Waals surface area contributed by atoms with Crippen molar-refractivity contribution < 1.29 is 13.6 Å². The molecule has 3 nitrogen and oxygen atoms in total. The maximum Gasteiger partial charge on any atom is 0.248 e. The number of hydrogen-bond donors (Lipinski definition) is 2. The van der Waals surface area contributed by atoms with Crippen molar-refractivity contribution in [3.05, 3.63) is 0 Å². The minimum atomic E-state index is -2.58. The van der Waals surface area contributed by atoms with Crippen LogP contribution < -0.4 is 11.1 Å². The SMILES string of the molecule is CC(C)CC(CN)NC(=O)C1CCC(F)(F)CC1. The third-order valence-corrected chi connectivity index (χ3v) is 3.47. The van der Waals surface area contributed by atoms with Gasteiger partial charge in [-0.25, -0.2) is 8.78 Å². The van der Waals surface area contributed by atoms with Gasteiger partial charge in [0.25, 0.3) is 0 Å². The van der Waals surface area contributed by atoms with Gasteiger partial charge in [-0.05, 0) is 25.2 Å². The summed E-state index contributed by atoms with van der Waals surface area (Å²) in [5.41, 5.74) is 5.61. The highest BCUT2D eigenvalue weighted by Crippen LogP contribution is 2.36. The number of alkyl halides is 2. The first-order valence-electron chi connectivity index (χ1n) is 6.72. The first-order chi connectivity index (χ1) is 8.34. The van der Waals surface area contributed by atoms with Crippen LogP contribution >= 0.6 is 0 Å². The maximum absolute atomic E-state index is 13.0. The molecule has 1 atom stereocenters. The molecule has 0 radical (unpaired) electrons. The highest BCUT2D eigenvalue weighted by atomic mass is 19.3. The maximum atomic E-state index is 13.0. The van der Waals surface area contributed by atoms with Crippen LogP contribution in [0.15, 0.2) is 0 Å². The van der Waals surface area contributed by atoms with Crippen LogP contribution in [0, 0.1) is 11.8 Å². The molecule has 0 aliphatic heterocycles. The summed E-state index contributed by atoms with van der Waals surface area (Å²) < 4.78 is 26.0. The number of nitrogens with two attached hydrogens (primary N) is 1. The Balaban J connectivity index is 2.40. The van der Waals surface area contributed by atoms with E-state index in [0.717, 1.165) is 6.42 Å². The fraction of sp³-hybridized carbons (Fsp3) is 0.923. The second-order valence-electron chi connectivity index (χ2n) is 5.70. The lowest BCUT2D eigenvalue weighted by Gasteiger charge is -2.29. The van der Waals surface area contributed by atoms with E-state index in [1.54, 1.807) is 0 Å². The Morgan fingerprint density at radius 3 is 2.39 bits per heavy atom. The van der Waals surface area contributed by atoms with Gasteiger partial charge >= 0.3 is 0 Å². The average molecular weight is 262 g/mol. The predicted octanol–water partition coefficient (Wildman–Crippen LogP) is 2.30. The van der Waals surface area contributed by atoms with Gasteiger partial charge in [-0.3, -0.25) is 4.79 Å². The van der Waals surface area contributed by atoms with Crippen molar-refractivity contribution in [2.75, 3.05) is 6.54 Å². The lowest BCUT2D eigenvalue weighted by Crippen LogP contribution is -2.45. The molecule has 1 amide bonds. The van der Waals surface area contributed by atoms with Gasteiger partial charge in [-0.1, -0.05) is 13.8 Å². The number of carbonyl (C=O) groups excluding carboxylic acids is 1. The second kappa shape index (κ2) is 6.45. The van der Waals surface area contributed by atoms with E-state index in [1.165, 1.54) is 0 Å². The van der Waals surface area contributed by atoms with E-state index in [0.29, 0.717) is 12.5 Å². The lowest BCUT2D eigenvalue weighted by atomic mass is 9.86. The molecule has 0 aromatic heterocycles. The zero-order valence-electron chi connectivity index (χ0n) is 11.2. The lowest BCUT2D eigenvalue weighted by molar-refractivity contribution is -0.129. The molecule has 0 heterocycles. The summed E-state index contributed by atoms with van der Waals surface area (Å²) in [6, 6.07) is -0.0417. The quantitative estimate of drug-likeness (QED) is 0.798. The summed E-state index contributed by atoms with van der Waals surface area (Å²) >= 11 is 0. The van der Waals surface area contributed by atoms with Crippen molar-refractivity contribution in [2.24, 2.45) is 17.6 Å². The molecule has 0 bridgehead atoms. The molecule has 1 rings (SSSR count). The van der Waals surface area contributed by atoms with Crippen LogP contribution in [0.2, 0.25) is 0 Å². The molecule has 0 saturated heterocycles. The van der Waals surface area contributed by atoms with Gasteiger partial charge in [-0.15, -0.1) is 0 Å². The summed E-state index contributed by atoms with van der Waals surface area (Å²) in [6.07, 6.45) is 1.02. The molecule has 0 spiro atoms. The summed E-state index contributed by atoms with van der Waals surface area (Å²) in [5, 5.41) is 2.89. The molecule has 1 fully saturated rings. The van der Waals surface area contributed by atoms with Crippen molar-refractivity contribution in [1.82, 2.24) is 5.32 Å². The molecule has 0 aromatic rings. The van der Waals surface area contributed by atoms with Crippen molar-refractivity contribution in [2.45, 2.75) is 57.9 Å². The smallest absolute Gasteiger partial charge is 0.248 e. The summed E-state index contributed by atoms with van der Waals surface area (Å²) in [7, 11) is 0. The van der Waals surface area contributed by atoms with Gasteiger partial charge in [0.2, 0.25) is 11.8 Å². The van der Waals surface area contributed by atoms with E-state index in [4.69, 9.17) is 5.73 Å².